The van der Waals surface area contributed by atoms with Crippen LogP contribution in [0.4, 0.5) is 0 Å². The van der Waals surface area contributed by atoms with Gasteiger partial charge in [0.1, 0.15) is 5.78 Å². The molecule has 2 heteroatoms. The number of hydrogen-bond donors (Lipinski definition) is 1. The zero-order valence-corrected chi connectivity index (χ0v) is 7.86. The van der Waals surface area contributed by atoms with Gasteiger partial charge >= 0.3 is 0 Å². The molecule has 2 N–H and O–H groups in total. The van der Waals surface area contributed by atoms with E-state index in [1.807, 2.05) is 30.3 Å². The molecular formula is C11H15NO. The first-order valence-corrected chi connectivity index (χ1v) is 4.48. The van der Waals surface area contributed by atoms with Crippen molar-refractivity contribution in [1.29, 1.82) is 0 Å². The van der Waals surface area contributed by atoms with Crippen LogP contribution in [0.15, 0.2) is 30.3 Å². The van der Waals surface area contributed by atoms with Gasteiger partial charge < -0.3 is 5.73 Å². The molecular weight excluding hydrogens is 162 g/mol. The van der Waals surface area contributed by atoms with E-state index in [1.165, 1.54) is 5.56 Å². The maximum absolute atomic E-state index is 11.1. The maximum Gasteiger partial charge on any atom is 0.134 e. The van der Waals surface area contributed by atoms with Crippen molar-refractivity contribution in [2.45, 2.75) is 13.3 Å². The van der Waals surface area contributed by atoms with Gasteiger partial charge in [0, 0.05) is 12.5 Å². The molecule has 0 aromatic heterocycles. The van der Waals surface area contributed by atoms with Gasteiger partial charge in [-0.15, -0.1) is 0 Å². The lowest BCUT2D eigenvalue weighted by molar-refractivity contribution is -0.120. The molecule has 0 aliphatic rings. The second-order valence-corrected chi connectivity index (χ2v) is 3.23. The normalized spacial score (nSPS) is 12.5. The Bertz CT molecular complexity index is 269. The first-order chi connectivity index (χ1) is 6.24. The van der Waals surface area contributed by atoms with Crippen LogP contribution in [0.25, 0.3) is 0 Å². The zero-order valence-electron chi connectivity index (χ0n) is 7.86. The lowest BCUT2D eigenvalue weighted by atomic mass is 9.96. The molecule has 0 bridgehead atoms. The Morgan fingerprint density at radius 2 is 2.00 bits per heavy atom. The van der Waals surface area contributed by atoms with E-state index < -0.39 is 0 Å². The number of hydrogen-bond acceptors (Lipinski definition) is 2. The molecule has 0 radical (unpaired) electrons. The van der Waals surface area contributed by atoms with E-state index in [9.17, 15) is 4.79 Å². The third-order valence-electron chi connectivity index (χ3n) is 2.18. The van der Waals surface area contributed by atoms with Crippen molar-refractivity contribution in [2.24, 2.45) is 11.7 Å². The second kappa shape index (κ2) is 4.77. The fourth-order valence-electron chi connectivity index (χ4n) is 1.29. The van der Waals surface area contributed by atoms with Gasteiger partial charge in [0.2, 0.25) is 0 Å². The van der Waals surface area contributed by atoms with E-state index in [2.05, 4.69) is 0 Å². The van der Waals surface area contributed by atoms with E-state index in [0.29, 0.717) is 6.54 Å². The predicted octanol–water partition coefficient (Wildman–Crippen LogP) is 1.39. The lowest BCUT2D eigenvalue weighted by Gasteiger charge is -2.10. The van der Waals surface area contributed by atoms with Crippen molar-refractivity contribution < 1.29 is 4.79 Å². The van der Waals surface area contributed by atoms with E-state index in [-0.39, 0.29) is 11.7 Å². The quantitative estimate of drug-likeness (QED) is 0.755. The highest BCUT2D eigenvalue weighted by molar-refractivity contribution is 5.78. The van der Waals surface area contributed by atoms with E-state index >= 15 is 0 Å². The summed E-state index contributed by atoms with van der Waals surface area (Å²) in [4.78, 5) is 11.1. The number of benzene rings is 1. The summed E-state index contributed by atoms with van der Waals surface area (Å²) < 4.78 is 0. The number of ketones is 1. The largest absolute Gasteiger partial charge is 0.330 e. The second-order valence-electron chi connectivity index (χ2n) is 3.23. The highest BCUT2D eigenvalue weighted by Crippen LogP contribution is 2.08. The summed E-state index contributed by atoms with van der Waals surface area (Å²) in [6.45, 7) is 2.03. The van der Waals surface area contributed by atoms with Gasteiger partial charge in [-0.25, -0.2) is 0 Å². The molecule has 0 amide bonds. The monoisotopic (exact) mass is 177 g/mol. The smallest absolute Gasteiger partial charge is 0.134 e. The van der Waals surface area contributed by atoms with Crippen molar-refractivity contribution in [3.05, 3.63) is 35.9 Å². The Balaban J connectivity index is 2.62. The van der Waals surface area contributed by atoms with Crippen LogP contribution in [0.1, 0.15) is 12.5 Å². The Labute approximate surface area is 78.8 Å². The molecule has 13 heavy (non-hydrogen) atoms. The van der Waals surface area contributed by atoms with E-state index in [1.54, 1.807) is 6.92 Å². The summed E-state index contributed by atoms with van der Waals surface area (Å²) in [7, 11) is 0. The highest BCUT2D eigenvalue weighted by Gasteiger charge is 2.11. The van der Waals surface area contributed by atoms with E-state index in [4.69, 9.17) is 5.73 Å². The van der Waals surface area contributed by atoms with Crippen LogP contribution in [0.3, 0.4) is 0 Å². The summed E-state index contributed by atoms with van der Waals surface area (Å²) >= 11 is 0. The van der Waals surface area contributed by atoms with Crippen LogP contribution < -0.4 is 5.73 Å². The van der Waals surface area contributed by atoms with Crippen LogP contribution in [0, 0.1) is 5.92 Å². The third kappa shape index (κ3) is 2.99. The van der Waals surface area contributed by atoms with Gasteiger partial charge in [-0.05, 0) is 18.9 Å². The van der Waals surface area contributed by atoms with Crippen molar-refractivity contribution >= 4 is 5.78 Å². The Morgan fingerprint density at radius 3 is 2.46 bits per heavy atom. The van der Waals surface area contributed by atoms with Crippen molar-refractivity contribution in [2.75, 3.05) is 6.54 Å². The van der Waals surface area contributed by atoms with Crippen molar-refractivity contribution in [1.82, 2.24) is 0 Å². The predicted molar refractivity (Wildman–Crippen MR) is 53.4 cm³/mol. The lowest BCUT2D eigenvalue weighted by Crippen LogP contribution is -2.23. The zero-order chi connectivity index (χ0) is 9.68. The first-order valence-electron chi connectivity index (χ1n) is 4.48. The maximum atomic E-state index is 11.1. The first kappa shape index (κ1) is 9.93. The van der Waals surface area contributed by atoms with Gasteiger partial charge in [-0.1, -0.05) is 30.3 Å². The molecule has 0 saturated heterocycles. The summed E-state index contributed by atoms with van der Waals surface area (Å²) in [6, 6.07) is 9.96. The molecule has 0 fully saturated rings. The SMILES string of the molecule is CC(=O)C(CN)Cc1ccccc1. The Morgan fingerprint density at radius 1 is 1.38 bits per heavy atom. The summed E-state index contributed by atoms with van der Waals surface area (Å²) in [5.41, 5.74) is 6.67. The summed E-state index contributed by atoms with van der Waals surface area (Å²) in [5, 5.41) is 0. The molecule has 1 rings (SSSR count). The van der Waals surface area contributed by atoms with Crippen LogP contribution in [0.2, 0.25) is 0 Å². The fourth-order valence-corrected chi connectivity index (χ4v) is 1.29. The average Bonchev–Trinajstić information content (AvgIpc) is 2.15. The molecule has 0 aliphatic carbocycles. The van der Waals surface area contributed by atoms with Crippen LogP contribution in [-0.2, 0) is 11.2 Å². The van der Waals surface area contributed by atoms with Gasteiger partial charge in [-0.2, -0.15) is 0 Å². The molecule has 70 valence electrons. The minimum atomic E-state index is -0.0256. The number of rotatable bonds is 4. The standard InChI is InChI=1S/C11H15NO/c1-9(13)11(8-12)7-10-5-3-2-4-6-10/h2-6,11H,7-8,12H2,1H3. The van der Waals surface area contributed by atoms with Crippen molar-refractivity contribution in [3.63, 3.8) is 0 Å². The summed E-state index contributed by atoms with van der Waals surface area (Å²) in [6.07, 6.45) is 0.757. The highest BCUT2D eigenvalue weighted by atomic mass is 16.1. The molecule has 1 unspecified atom stereocenters. The van der Waals surface area contributed by atoms with Gasteiger partial charge in [-0.3, -0.25) is 4.79 Å². The number of nitrogens with two attached hydrogens (primary N) is 1. The van der Waals surface area contributed by atoms with E-state index in [0.717, 1.165) is 6.42 Å². The third-order valence-corrected chi connectivity index (χ3v) is 2.18. The molecule has 1 aromatic rings. The number of Topliss-reactive ketones (excluding diaryl/α,β-unsaturated/α-hetero) is 1. The Kier molecular flexibility index (Phi) is 3.65. The molecule has 1 atom stereocenters. The molecule has 0 aliphatic heterocycles. The van der Waals surface area contributed by atoms with Gasteiger partial charge in [0.25, 0.3) is 0 Å². The minimum Gasteiger partial charge on any atom is -0.330 e. The van der Waals surface area contributed by atoms with Crippen molar-refractivity contribution in [3.8, 4) is 0 Å². The minimum absolute atomic E-state index is 0.0256. The molecule has 2 nitrogen and oxygen atoms in total. The van der Waals surface area contributed by atoms with Gasteiger partial charge in [0.15, 0.2) is 0 Å². The summed E-state index contributed by atoms with van der Waals surface area (Å²) in [5.74, 6) is 0.147. The van der Waals surface area contributed by atoms with Crippen LogP contribution in [-0.4, -0.2) is 12.3 Å². The van der Waals surface area contributed by atoms with Crippen LogP contribution >= 0.6 is 0 Å². The topological polar surface area (TPSA) is 43.1 Å². The molecule has 0 heterocycles. The number of carbonyl (C=O) groups is 1. The average molecular weight is 177 g/mol. The van der Waals surface area contributed by atoms with Crippen LogP contribution in [0.5, 0.6) is 0 Å². The fraction of sp³-hybridized carbons (Fsp3) is 0.364. The molecule has 1 aromatic carbocycles. The Hall–Kier alpha value is -1.15. The van der Waals surface area contributed by atoms with Gasteiger partial charge in [0.05, 0.1) is 0 Å². The molecule has 0 spiro atoms. The molecule has 0 saturated carbocycles. The number of carbonyl (C=O) groups excluding carboxylic acids is 1.